The Labute approximate surface area is 297 Å². The predicted octanol–water partition coefficient (Wildman–Crippen LogP) is 9.10. The van der Waals surface area contributed by atoms with Crippen LogP contribution in [0.25, 0.3) is 21.9 Å². The van der Waals surface area contributed by atoms with E-state index >= 15 is 8.78 Å². The van der Waals surface area contributed by atoms with Crippen LogP contribution in [-0.4, -0.2) is 53.8 Å². The molecular formula is C40H45F2N3O4S. The highest BCUT2D eigenvalue weighted by Gasteiger charge is 2.48. The number of hydrogen-bond donors (Lipinski definition) is 2. The van der Waals surface area contributed by atoms with E-state index in [1.807, 2.05) is 66.7 Å². The SMILES string of the molecule is CC(C)(C)OC(=O)NC1CCN(C(=O)C(NSc2ccc3cc(OC4CCCC4)ccc3c2)C(F)(F)c2ccc(-c3ccccc3)cc2)CC1. The van der Waals surface area contributed by atoms with E-state index in [-0.39, 0.29) is 30.8 Å². The molecule has 0 radical (unpaired) electrons. The van der Waals surface area contributed by atoms with Gasteiger partial charge in [-0.05, 0) is 117 Å². The summed E-state index contributed by atoms with van der Waals surface area (Å²) < 4.78 is 47.4. The Kier molecular flexibility index (Phi) is 11.0. The first-order valence-electron chi connectivity index (χ1n) is 17.4. The third-order valence-corrected chi connectivity index (χ3v) is 10.0. The molecular weight excluding hydrogens is 657 g/mol. The molecule has 4 aromatic carbocycles. The minimum atomic E-state index is -3.53. The number of amides is 2. The molecule has 7 nitrogen and oxygen atoms in total. The third kappa shape index (κ3) is 8.95. The molecule has 1 saturated carbocycles. The number of halogens is 2. The van der Waals surface area contributed by atoms with Gasteiger partial charge in [-0.25, -0.2) is 9.52 Å². The largest absolute Gasteiger partial charge is 0.490 e. The summed E-state index contributed by atoms with van der Waals surface area (Å²) in [6.45, 7) is 5.82. The van der Waals surface area contributed by atoms with Gasteiger partial charge < -0.3 is 19.7 Å². The lowest BCUT2D eigenvalue weighted by Crippen LogP contribution is -2.56. The number of ether oxygens (including phenoxy) is 2. The number of piperidine rings is 1. The normalized spacial score (nSPS) is 16.7. The fraction of sp³-hybridized carbons (Fsp3) is 0.400. The highest BCUT2D eigenvalue weighted by molar-refractivity contribution is 7.97. The second kappa shape index (κ2) is 15.4. The Hall–Kier alpha value is -4.15. The van der Waals surface area contributed by atoms with Crippen molar-refractivity contribution in [3.05, 3.63) is 96.6 Å². The summed E-state index contributed by atoms with van der Waals surface area (Å²) in [7, 11) is 0. The van der Waals surface area contributed by atoms with Gasteiger partial charge in [-0.15, -0.1) is 0 Å². The predicted molar refractivity (Wildman–Crippen MR) is 194 cm³/mol. The maximum atomic E-state index is 16.5. The Morgan fingerprint density at radius 1 is 0.820 bits per heavy atom. The van der Waals surface area contributed by atoms with E-state index in [0.29, 0.717) is 17.7 Å². The van der Waals surface area contributed by atoms with Gasteiger partial charge in [0.1, 0.15) is 11.4 Å². The second-order valence-corrected chi connectivity index (χ2v) is 15.1. The van der Waals surface area contributed by atoms with Gasteiger partial charge in [0.05, 0.1) is 6.10 Å². The van der Waals surface area contributed by atoms with Crippen LogP contribution < -0.4 is 14.8 Å². The van der Waals surface area contributed by atoms with Crippen molar-refractivity contribution < 1.29 is 27.8 Å². The first kappa shape index (κ1) is 35.7. The number of rotatable bonds is 10. The van der Waals surface area contributed by atoms with Crippen molar-refractivity contribution in [2.24, 2.45) is 0 Å². The van der Waals surface area contributed by atoms with E-state index in [2.05, 4.69) is 10.0 Å². The topological polar surface area (TPSA) is 79.9 Å². The number of hydrogen-bond acceptors (Lipinski definition) is 6. The lowest BCUT2D eigenvalue weighted by molar-refractivity contribution is -0.145. The molecule has 2 N–H and O–H groups in total. The van der Waals surface area contributed by atoms with Crippen LogP contribution in [0.2, 0.25) is 0 Å². The molecule has 2 fully saturated rings. The summed E-state index contributed by atoms with van der Waals surface area (Å²) in [5, 5.41) is 4.78. The summed E-state index contributed by atoms with van der Waals surface area (Å²) in [5.41, 5.74) is 0.834. The molecule has 0 spiro atoms. The highest BCUT2D eigenvalue weighted by Crippen LogP contribution is 2.37. The average Bonchev–Trinajstić information content (AvgIpc) is 3.61. The van der Waals surface area contributed by atoms with E-state index in [0.717, 1.165) is 52.4 Å². The van der Waals surface area contributed by atoms with Gasteiger partial charge in [-0.1, -0.05) is 66.7 Å². The second-order valence-electron chi connectivity index (χ2n) is 14.2. The molecule has 1 atom stereocenters. The van der Waals surface area contributed by atoms with E-state index in [4.69, 9.17) is 9.47 Å². The highest BCUT2D eigenvalue weighted by atomic mass is 32.2. The van der Waals surface area contributed by atoms with Gasteiger partial charge in [0.15, 0.2) is 6.04 Å². The minimum Gasteiger partial charge on any atom is -0.490 e. The van der Waals surface area contributed by atoms with Crippen LogP contribution in [0.4, 0.5) is 13.6 Å². The van der Waals surface area contributed by atoms with Gasteiger partial charge in [-0.3, -0.25) is 4.79 Å². The zero-order chi connectivity index (χ0) is 35.3. The molecule has 1 heterocycles. The number of alkyl halides is 2. The van der Waals surface area contributed by atoms with Crippen LogP contribution in [0.5, 0.6) is 5.75 Å². The van der Waals surface area contributed by atoms with Crippen LogP contribution in [0.1, 0.15) is 64.9 Å². The number of nitrogens with one attached hydrogen (secondary N) is 2. The molecule has 1 aliphatic heterocycles. The first-order valence-corrected chi connectivity index (χ1v) is 18.2. The molecule has 0 bridgehead atoms. The van der Waals surface area contributed by atoms with Crippen LogP contribution >= 0.6 is 11.9 Å². The summed E-state index contributed by atoms with van der Waals surface area (Å²) >= 11 is 1.02. The molecule has 2 amide bonds. The first-order chi connectivity index (χ1) is 23.9. The molecule has 2 aliphatic rings. The van der Waals surface area contributed by atoms with Crippen molar-refractivity contribution in [3.8, 4) is 16.9 Å². The number of fused-ring (bicyclic) bond motifs is 1. The Balaban J connectivity index is 1.18. The monoisotopic (exact) mass is 701 g/mol. The maximum Gasteiger partial charge on any atom is 0.407 e. The molecule has 6 rings (SSSR count). The van der Waals surface area contributed by atoms with E-state index < -0.39 is 29.6 Å². The van der Waals surface area contributed by atoms with Gasteiger partial charge in [0, 0.05) is 29.6 Å². The van der Waals surface area contributed by atoms with Gasteiger partial charge in [0.2, 0.25) is 5.91 Å². The number of benzene rings is 4. The van der Waals surface area contributed by atoms with Crippen LogP contribution in [0.15, 0.2) is 95.9 Å². The molecule has 264 valence electrons. The lowest BCUT2D eigenvalue weighted by Gasteiger charge is -2.36. The molecule has 1 unspecified atom stereocenters. The maximum absolute atomic E-state index is 16.5. The Bertz CT molecular complexity index is 1770. The van der Waals surface area contributed by atoms with Crippen molar-refractivity contribution in [1.29, 1.82) is 0 Å². The van der Waals surface area contributed by atoms with Gasteiger partial charge >= 0.3 is 6.09 Å². The molecule has 10 heteroatoms. The van der Waals surface area contributed by atoms with Crippen molar-refractivity contribution in [3.63, 3.8) is 0 Å². The quantitative estimate of drug-likeness (QED) is 0.161. The van der Waals surface area contributed by atoms with Gasteiger partial charge in [-0.2, -0.15) is 8.78 Å². The number of alkyl carbamates (subject to hydrolysis) is 1. The van der Waals surface area contributed by atoms with Crippen LogP contribution in [0.3, 0.4) is 0 Å². The Morgan fingerprint density at radius 2 is 1.46 bits per heavy atom. The summed E-state index contributed by atoms with van der Waals surface area (Å²) in [4.78, 5) is 28.5. The zero-order valence-corrected chi connectivity index (χ0v) is 29.6. The fourth-order valence-electron chi connectivity index (χ4n) is 6.53. The van der Waals surface area contributed by atoms with Crippen molar-refractivity contribution in [2.45, 2.75) is 93.9 Å². The number of likely N-dealkylation sites (tertiary alicyclic amines) is 1. The number of nitrogens with zero attached hydrogens (tertiary/aromatic N) is 1. The fourth-order valence-corrected chi connectivity index (χ4v) is 7.35. The zero-order valence-electron chi connectivity index (χ0n) is 28.8. The molecule has 50 heavy (non-hydrogen) atoms. The smallest absolute Gasteiger partial charge is 0.407 e. The van der Waals surface area contributed by atoms with Crippen molar-refractivity contribution >= 4 is 34.7 Å². The number of carbonyl (C=O) groups excluding carboxylic acids is 2. The van der Waals surface area contributed by atoms with Crippen LogP contribution in [0, 0.1) is 0 Å². The van der Waals surface area contributed by atoms with Crippen molar-refractivity contribution in [1.82, 2.24) is 14.9 Å². The Morgan fingerprint density at radius 3 is 2.14 bits per heavy atom. The molecule has 0 aromatic heterocycles. The van der Waals surface area contributed by atoms with Crippen molar-refractivity contribution in [2.75, 3.05) is 13.1 Å². The lowest BCUT2D eigenvalue weighted by atomic mass is 9.96. The van der Waals surface area contributed by atoms with E-state index in [9.17, 15) is 9.59 Å². The molecule has 1 saturated heterocycles. The summed E-state index contributed by atoms with van der Waals surface area (Å²) in [5.74, 6) is -3.40. The molecule has 4 aromatic rings. The minimum absolute atomic E-state index is 0.220. The van der Waals surface area contributed by atoms with Crippen LogP contribution in [-0.2, 0) is 15.5 Å². The third-order valence-electron chi connectivity index (χ3n) is 9.20. The van der Waals surface area contributed by atoms with Gasteiger partial charge in [0.25, 0.3) is 5.92 Å². The van der Waals surface area contributed by atoms with E-state index in [1.54, 1.807) is 32.9 Å². The average molecular weight is 702 g/mol. The summed E-state index contributed by atoms with van der Waals surface area (Å²) in [6.07, 6.45) is 5.11. The van der Waals surface area contributed by atoms with E-state index in [1.165, 1.54) is 29.9 Å². The standard InChI is InChI=1S/C40H45F2N3O4S/c1-39(2,3)49-38(47)43-32-21-23-45(24-22-32)37(46)36(40(41,42)31-17-13-28(14-18-31)27-9-5-4-6-10-27)44-50-35-20-16-29-25-34(19-15-30(29)26-35)48-33-11-7-8-12-33/h4-6,9-10,13-20,25-26,32-33,36,44H,7-8,11-12,21-24H2,1-3H3,(H,43,47). The number of carbonyl (C=O) groups is 2. The molecule has 1 aliphatic carbocycles. The summed E-state index contributed by atoms with van der Waals surface area (Å²) in [6, 6.07) is 25.3.